The lowest BCUT2D eigenvalue weighted by molar-refractivity contribution is -0.121. The van der Waals surface area contributed by atoms with Crippen LogP contribution in [0.3, 0.4) is 0 Å². The number of esters is 1. The summed E-state index contributed by atoms with van der Waals surface area (Å²) in [5, 5.41) is 5.93. The van der Waals surface area contributed by atoms with E-state index in [0.717, 1.165) is 0 Å². The van der Waals surface area contributed by atoms with Gasteiger partial charge in [0.25, 0.3) is 0 Å². The zero-order chi connectivity index (χ0) is 16.0. The van der Waals surface area contributed by atoms with Crippen molar-refractivity contribution in [2.45, 2.75) is 46.3 Å². The molecule has 0 saturated heterocycles. The van der Waals surface area contributed by atoms with Crippen LogP contribution < -0.4 is 10.6 Å². The van der Waals surface area contributed by atoms with E-state index in [9.17, 15) is 9.59 Å². The number of anilines is 1. The van der Waals surface area contributed by atoms with Crippen molar-refractivity contribution in [1.29, 1.82) is 0 Å². The molecule has 0 aliphatic heterocycles. The largest absolute Gasteiger partial charge is 0.459 e. The Morgan fingerprint density at radius 3 is 2.24 bits per heavy atom. The van der Waals surface area contributed by atoms with Gasteiger partial charge in [-0.05, 0) is 58.5 Å². The normalized spacial score (nSPS) is 11.3. The van der Waals surface area contributed by atoms with Crippen LogP contribution in [-0.4, -0.2) is 30.1 Å². The molecule has 1 amide bonds. The fourth-order valence-corrected chi connectivity index (χ4v) is 1.78. The number of carbonyl (C=O) groups is 2. The fraction of sp³-hybridized carbons (Fsp3) is 0.500. The van der Waals surface area contributed by atoms with E-state index in [0.29, 0.717) is 17.8 Å². The number of hydrogen-bond donors (Lipinski definition) is 2. The van der Waals surface area contributed by atoms with Crippen molar-refractivity contribution < 1.29 is 14.3 Å². The fourth-order valence-electron chi connectivity index (χ4n) is 1.78. The zero-order valence-electron chi connectivity index (χ0n) is 13.3. The van der Waals surface area contributed by atoms with Gasteiger partial charge in [0.05, 0.1) is 17.2 Å². The molecular weight excluding hydrogens is 268 g/mol. The number of benzene rings is 1. The summed E-state index contributed by atoms with van der Waals surface area (Å²) in [6.45, 7) is 9.90. The molecule has 0 saturated carbocycles. The standard InChI is InChI=1S/C16H24N2O3/c1-6-17-16(4,5)15(20)18-13-9-7-12(8-10-13)14(19)21-11(2)3/h7-11,17H,6H2,1-5H3,(H,18,20). The highest BCUT2D eigenvalue weighted by atomic mass is 16.5. The lowest BCUT2D eigenvalue weighted by Crippen LogP contribution is -2.49. The molecule has 0 bridgehead atoms. The van der Waals surface area contributed by atoms with E-state index >= 15 is 0 Å². The van der Waals surface area contributed by atoms with Crippen LogP contribution >= 0.6 is 0 Å². The summed E-state index contributed by atoms with van der Waals surface area (Å²) >= 11 is 0. The molecule has 0 heterocycles. The number of nitrogens with one attached hydrogen (secondary N) is 2. The molecular formula is C16H24N2O3. The van der Waals surface area contributed by atoms with E-state index in [-0.39, 0.29) is 18.0 Å². The van der Waals surface area contributed by atoms with Crippen LogP contribution in [0.25, 0.3) is 0 Å². The first-order valence-electron chi connectivity index (χ1n) is 7.13. The maximum Gasteiger partial charge on any atom is 0.338 e. The third-order valence-corrected chi connectivity index (χ3v) is 2.91. The van der Waals surface area contributed by atoms with Gasteiger partial charge in [-0.2, -0.15) is 0 Å². The van der Waals surface area contributed by atoms with Gasteiger partial charge in [-0.25, -0.2) is 4.79 Å². The molecule has 116 valence electrons. The number of rotatable bonds is 6. The maximum atomic E-state index is 12.1. The quantitative estimate of drug-likeness (QED) is 0.791. The Morgan fingerprint density at radius 1 is 1.19 bits per heavy atom. The molecule has 1 rings (SSSR count). The van der Waals surface area contributed by atoms with Gasteiger partial charge in [0.1, 0.15) is 0 Å². The Hall–Kier alpha value is -1.88. The summed E-state index contributed by atoms with van der Waals surface area (Å²) in [4.78, 5) is 23.8. The van der Waals surface area contributed by atoms with Crippen molar-refractivity contribution in [3.05, 3.63) is 29.8 Å². The van der Waals surface area contributed by atoms with Crippen LogP contribution in [0.4, 0.5) is 5.69 Å². The van der Waals surface area contributed by atoms with E-state index in [1.54, 1.807) is 38.1 Å². The minimum Gasteiger partial charge on any atom is -0.459 e. The summed E-state index contributed by atoms with van der Waals surface area (Å²) in [7, 11) is 0. The Balaban J connectivity index is 2.71. The predicted octanol–water partition coefficient (Wildman–Crippen LogP) is 2.58. The Bertz CT molecular complexity index is 493. The zero-order valence-corrected chi connectivity index (χ0v) is 13.3. The first kappa shape index (κ1) is 17.2. The minimum absolute atomic E-state index is 0.123. The van der Waals surface area contributed by atoms with Crippen molar-refractivity contribution >= 4 is 17.6 Å². The predicted molar refractivity (Wildman–Crippen MR) is 83.4 cm³/mol. The van der Waals surface area contributed by atoms with Gasteiger partial charge in [-0.15, -0.1) is 0 Å². The third kappa shape index (κ3) is 5.19. The van der Waals surface area contributed by atoms with Gasteiger partial charge in [0.2, 0.25) is 5.91 Å². The van der Waals surface area contributed by atoms with Crippen LogP contribution in [0.15, 0.2) is 24.3 Å². The molecule has 0 aromatic heterocycles. The van der Waals surface area contributed by atoms with Crippen LogP contribution in [-0.2, 0) is 9.53 Å². The van der Waals surface area contributed by atoms with Crippen molar-refractivity contribution in [3.8, 4) is 0 Å². The molecule has 0 radical (unpaired) electrons. The molecule has 0 unspecified atom stereocenters. The molecule has 0 aliphatic rings. The second-order valence-electron chi connectivity index (χ2n) is 5.64. The van der Waals surface area contributed by atoms with Gasteiger partial charge < -0.3 is 15.4 Å². The second kappa shape index (κ2) is 7.22. The van der Waals surface area contributed by atoms with Gasteiger partial charge in [0, 0.05) is 5.69 Å². The van der Waals surface area contributed by atoms with Crippen LogP contribution in [0.1, 0.15) is 45.0 Å². The van der Waals surface area contributed by atoms with Gasteiger partial charge >= 0.3 is 5.97 Å². The molecule has 5 nitrogen and oxygen atoms in total. The van der Waals surface area contributed by atoms with Crippen LogP contribution in [0.2, 0.25) is 0 Å². The average molecular weight is 292 g/mol. The van der Waals surface area contributed by atoms with E-state index < -0.39 is 5.54 Å². The average Bonchev–Trinajstić information content (AvgIpc) is 2.38. The number of amides is 1. The molecule has 0 atom stereocenters. The van der Waals surface area contributed by atoms with Crippen LogP contribution in [0, 0.1) is 0 Å². The van der Waals surface area contributed by atoms with Gasteiger partial charge in [0.15, 0.2) is 0 Å². The first-order chi connectivity index (χ1) is 9.76. The monoisotopic (exact) mass is 292 g/mol. The molecule has 2 N–H and O–H groups in total. The highest BCUT2D eigenvalue weighted by Gasteiger charge is 2.26. The molecule has 0 aliphatic carbocycles. The van der Waals surface area contributed by atoms with Gasteiger partial charge in [-0.1, -0.05) is 6.92 Å². The maximum absolute atomic E-state index is 12.1. The van der Waals surface area contributed by atoms with Crippen molar-refractivity contribution in [2.24, 2.45) is 0 Å². The van der Waals surface area contributed by atoms with E-state index in [1.165, 1.54) is 0 Å². The SMILES string of the molecule is CCNC(C)(C)C(=O)Nc1ccc(C(=O)OC(C)C)cc1. The summed E-state index contributed by atoms with van der Waals surface area (Å²) in [5.74, 6) is -0.488. The lowest BCUT2D eigenvalue weighted by atomic mass is 10.0. The van der Waals surface area contributed by atoms with Crippen molar-refractivity contribution in [1.82, 2.24) is 5.32 Å². The molecule has 1 aromatic carbocycles. The number of carbonyl (C=O) groups excluding carboxylic acids is 2. The molecule has 0 spiro atoms. The Labute approximate surface area is 126 Å². The molecule has 21 heavy (non-hydrogen) atoms. The molecule has 5 heteroatoms. The molecule has 0 fully saturated rings. The van der Waals surface area contributed by atoms with E-state index in [1.807, 2.05) is 20.8 Å². The van der Waals surface area contributed by atoms with Crippen molar-refractivity contribution in [3.63, 3.8) is 0 Å². The van der Waals surface area contributed by atoms with E-state index in [2.05, 4.69) is 10.6 Å². The summed E-state index contributed by atoms with van der Waals surface area (Å²) in [6.07, 6.45) is -0.155. The number of likely N-dealkylation sites (N-methyl/N-ethyl adjacent to an activating group) is 1. The van der Waals surface area contributed by atoms with Crippen LogP contribution in [0.5, 0.6) is 0 Å². The minimum atomic E-state index is -0.649. The number of ether oxygens (including phenoxy) is 1. The smallest absolute Gasteiger partial charge is 0.338 e. The molecule has 1 aromatic rings. The lowest BCUT2D eigenvalue weighted by Gasteiger charge is -2.24. The second-order valence-corrected chi connectivity index (χ2v) is 5.64. The summed E-state index contributed by atoms with van der Waals surface area (Å²) in [6, 6.07) is 6.66. The van der Waals surface area contributed by atoms with Gasteiger partial charge in [-0.3, -0.25) is 4.79 Å². The highest BCUT2D eigenvalue weighted by molar-refractivity contribution is 5.98. The summed E-state index contributed by atoms with van der Waals surface area (Å²) < 4.78 is 5.11. The summed E-state index contributed by atoms with van der Waals surface area (Å²) in [5.41, 5.74) is 0.462. The topological polar surface area (TPSA) is 67.4 Å². The number of hydrogen-bond acceptors (Lipinski definition) is 4. The van der Waals surface area contributed by atoms with E-state index in [4.69, 9.17) is 4.74 Å². The third-order valence-electron chi connectivity index (χ3n) is 2.91. The Kier molecular flexibility index (Phi) is 5.90. The van der Waals surface area contributed by atoms with Crippen molar-refractivity contribution in [2.75, 3.05) is 11.9 Å². The Morgan fingerprint density at radius 2 is 1.76 bits per heavy atom. The first-order valence-corrected chi connectivity index (χ1v) is 7.13. The highest BCUT2D eigenvalue weighted by Crippen LogP contribution is 2.13.